The molecule has 0 aliphatic rings. The van der Waals surface area contributed by atoms with E-state index in [9.17, 15) is 14.4 Å². The number of carbonyl (C=O) groups is 3. The highest BCUT2D eigenvalue weighted by Crippen LogP contribution is 2.38. The maximum atomic E-state index is 10.9. The number of halogens is 4. The van der Waals surface area contributed by atoms with E-state index in [0.29, 0.717) is 0 Å². The van der Waals surface area contributed by atoms with Gasteiger partial charge in [0, 0.05) is 0 Å². The first kappa shape index (κ1) is 17.8. The minimum absolute atomic E-state index is 0. The standard InChI is InChI=1S/C9H3Cl3O6.ClH/c10-4-1(7(13)14)5(11)3(9(17)18)6(12)2(4)8(15)16;/h(H,13,14)(H,15,16)(H,17,18);1H. The van der Waals surface area contributed by atoms with Crippen LogP contribution in [0.4, 0.5) is 0 Å². The van der Waals surface area contributed by atoms with E-state index < -0.39 is 49.7 Å². The molecule has 1 rings (SSSR count). The zero-order valence-corrected chi connectivity index (χ0v) is 11.7. The molecule has 0 amide bonds. The Morgan fingerprint density at radius 3 is 0.895 bits per heavy atom. The van der Waals surface area contributed by atoms with Gasteiger partial charge in [-0.15, -0.1) is 12.4 Å². The average molecular weight is 350 g/mol. The van der Waals surface area contributed by atoms with Crippen molar-refractivity contribution in [3.8, 4) is 0 Å². The van der Waals surface area contributed by atoms with Crippen LogP contribution in [0.3, 0.4) is 0 Å². The van der Waals surface area contributed by atoms with Crippen LogP contribution >= 0.6 is 47.2 Å². The Labute approximate surface area is 126 Å². The predicted octanol–water partition coefficient (Wildman–Crippen LogP) is 3.16. The molecule has 0 aliphatic heterocycles. The molecule has 6 nitrogen and oxygen atoms in total. The van der Waals surface area contributed by atoms with Gasteiger partial charge in [-0.2, -0.15) is 0 Å². The van der Waals surface area contributed by atoms with Crippen LogP contribution in [0.2, 0.25) is 15.1 Å². The Kier molecular flexibility index (Phi) is 5.89. The van der Waals surface area contributed by atoms with Crippen LogP contribution in [0.25, 0.3) is 0 Å². The average Bonchev–Trinajstić information content (AvgIpc) is 2.14. The molecule has 0 aromatic heterocycles. The van der Waals surface area contributed by atoms with Crippen LogP contribution in [0, 0.1) is 0 Å². The third kappa shape index (κ3) is 3.03. The number of hydrogen-bond donors (Lipinski definition) is 3. The summed E-state index contributed by atoms with van der Waals surface area (Å²) in [5, 5.41) is 24.4. The van der Waals surface area contributed by atoms with Crippen molar-refractivity contribution in [1.82, 2.24) is 0 Å². The van der Waals surface area contributed by atoms with E-state index in [2.05, 4.69) is 0 Å². The molecule has 0 atom stereocenters. The van der Waals surface area contributed by atoms with Crippen molar-refractivity contribution < 1.29 is 29.7 Å². The summed E-state index contributed by atoms with van der Waals surface area (Å²) in [4.78, 5) is 32.7. The third-order valence-corrected chi connectivity index (χ3v) is 3.09. The number of carboxylic acids is 3. The van der Waals surface area contributed by atoms with Gasteiger partial charge in [-0.05, 0) is 0 Å². The van der Waals surface area contributed by atoms with E-state index in [4.69, 9.17) is 50.1 Å². The lowest BCUT2D eigenvalue weighted by molar-refractivity contribution is 0.0696. The van der Waals surface area contributed by atoms with Crippen molar-refractivity contribution in [3.63, 3.8) is 0 Å². The number of hydrogen-bond acceptors (Lipinski definition) is 3. The van der Waals surface area contributed by atoms with Crippen LogP contribution < -0.4 is 0 Å². The molecule has 0 bridgehead atoms. The quantitative estimate of drug-likeness (QED) is 0.772. The number of carboxylic acid groups (broad SMARTS) is 3. The molecule has 1 aromatic rings. The molecule has 0 spiro atoms. The minimum Gasteiger partial charge on any atom is -0.478 e. The fourth-order valence-electron chi connectivity index (χ4n) is 1.23. The van der Waals surface area contributed by atoms with Crippen molar-refractivity contribution in [2.45, 2.75) is 0 Å². The predicted molar refractivity (Wildman–Crippen MR) is 69.6 cm³/mol. The van der Waals surface area contributed by atoms with E-state index in [0.717, 1.165) is 0 Å². The summed E-state index contributed by atoms with van der Waals surface area (Å²) < 4.78 is 0. The Morgan fingerprint density at radius 2 is 0.789 bits per heavy atom. The van der Waals surface area contributed by atoms with E-state index in [1.165, 1.54) is 0 Å². The maximum Gasteiger partial charge on any atom is 0.338 e. The smallest absolute Gasteiger partial charge is 0.338 e. The Hall–Kier alpha value is -1.21. The van der Waals surface area contributed by atoms with E-state index in [-0.39, 0.29) is 12.4 Å². The molecule has 3 N–H and O–H groups in total. The third-order valence-electron chi connectivity index (χ3n) is 1.96. The van der Waals surface area contributed by atoms with Crippen LogP contribution in [-0.2, 0) is 0 Å². The zero-order chi connectivity index (χ0) is 14.2. The van der Waals surface area contributed by atoms with Crippen LogP contribution in [0.5, 0.6) is 0 Å². The first-order valence-electron chi connectivity index (χ1n) is 4.10. The van der Waals surface area contributed by atoms with Gasteiger partial charge in [0.05, 0.1) is 31.8 Å². The van der Waals surface area contributed by atoms with E-state index >= 15 is 0 Å². The molecular formula is C9H4Cl4O6. The van der Waals surface area contributed by atoms with Gasteiger partial charge in [0.25, 0.3) is 0 Å². The largest absolute Gasteiger partial charge is 0.478 e. The summed E-state index contributed by atoms with van der Waals surface area (Å²) in [5.74, 6) is -4.98. The van der Waals surface area contributed by atoms with E-state index in [1.807, 2.05) is 0 Å². The van der Waals surface area contributed by atoms with Crippen LogP contribution in [-0.4, -0.2) is 33.2 Å². The fraction of sp³-hybridized carbons (Fsp3) is 0. The monoisotopic (exact) mass is 348 g/mol. The highest BCUT2D eigenvalue weighted by Gasteiger charge is 2.30. The summed E-state index contributed by atoms with van der Waals surface area (Å²) in [6, 6.07) is 0. The number of benzene rings is 1. The lowest BCUT2D eigenvalue weighted by Crippen LogP contribution is -2.12. The van der Waals surface area contributed by atoms with Gasteiger partial charge < -0.3 is 15.3 Å². The summed E-state index contributed by atoms with van der Waals surface area (Å²) in [6.45, 7) is 0. The lowest BCUT2D eigenvalue weighted by atomic mass is 10.0. The Balaban J connectivity index is 0.00000324. The van der Waals surface area contributed by atoms with Gasteiger partial charge in [0.1, 0.15) is 0 Å². The minimum atomic E-state index is -1.66. The molecule has 0 saturated carbocycles. The summed E-state index contributed by atoms with van der Waals surface area (Å²) in [7, 11) is 0. The molecule has 0 saturated heterocycles. The van der Waals surface area contributed by atoms with Gasteiger partial charge in [-0.1, -0.05) is 34.8 Å². The highest BCUT2D eigenvalue weighted by molar-refractivity contribution is 6.47. The SMILES string of the molecule is Cl.O=C(O)c1c(Cl)c(C(=O)O)c(Cl)c(C(=O)O)c1Cl. The topological polar surface area (TPSA) is 112 Å². The molecule has 0 heterocycles. The second kappa shape index (κ2) is 6.29. The van der Waals surface area contributed by atoms with Gasteiger partial charge in [-0.25, -0.2) is 14.4 Å². The lowest BCUT2D eigenvalue weighted by Gasteiger charge is -2.11. The summed E-state index contributed by atoms with van der Waals surface area (Å²) in [6.07, 6.45) is 0. The van der Waals surface area contributed by atoms with Crippen molar-refractivity contribution in [1.29, 1.82) is 0 Å². The number of rotatable bonds is 3. The summed E-state index contributed by atoms with van der Waals surface area (Å²) in [5.41, 5.74) is -2.47. The fourth-order valence-corrected chi connectivity index (χ4v) is 2.42. The molecule has 0 radical (unpaired) electrons. The first-order chi connectivity index (χ1) is 8.20. The zero-order valence-electron chi connectivity index (χ0n) is 8.61. The molecule has 104 valence electrons. The van der Waals surface area contributed by atoms with Gasteiger partial charge in [0.15, 0.2) is 0 Å². The van der Waals surface area contributed by atoms with Crippen LogP contribution in [0.15, 0.2) is 0 Å². The van der Waals surface area contributed by atoms with Gasteiger partial charge >= 0.3 is 17.9 Å². The maximum absolute atomic E-state index is 10.9. The van der Waals surface area contributed by atoms with E-state index in [1.54, 1.807) is 0 Å². The Bertz CT molecular complexity index is 481. The van der Waals surface area contributed by atoms with Crippen molar-refractivity contribution in [2.24, 2.45) is 0 Å². The Morgan fingerprint density at radius 1 is 0.632 bits per heavy atom. The first-order valence-corrected chi connectivity index (χ1v) is 5.23. The molecule has 1 aromatic carbocycles. The molecule has 0 fully saturated rings. The molecule has 10 heteroatoms. The molecule has 0 aliphatic carbocycles. The normalized spacial score (nSPS) is 9.63. The van der Waals surface area contributed by atoms with Gasteiger partial charge in [-0.3, -0.25) is 0 Å². The van der Waals surface area contributed by atoms with Crippen LogP contribution in [0.1, 0.15) is 31.1 Å². The second-order valence-electron chi connectivity index (χ2n) is 2.98. The molecular weight excluding hydrogens is 346 g/mol. The number of aromatic carboxylic acids is 3. The van der Waals surface area contributed by atoms with Crippen molar-refractivity contribution >= 4 is 65.1 Å². The van der Waals surface area contributed by atoms with Crippen molar-refractivity contribution in [3.05, 3.63) is 31.8 Å². The molecule has 0 unspecified atom stereocenters. The molecule has 19 heavy (non-hydrogen) atoms. The summed E-state index contributed by atoms with van der Waals surface area (Å²) >= 11 is 16.7. The van der Waals surface area contributed by atoms with Crippen molar-refractivity contribution in [2.75, 3.05) is 0 Å². The second-order valence-corrected chi connectivity index (χ2v) is 4.12. The van der Waals surface area contributed by atoms with Gasteiger partial charge in [0.2, 0.25) is 0 Å². The highest BCUT2D eigenvalue weighted by atomic mass is 35.5.